The van der Waals surface area contributed by atoms with Crippen molar-refractivity contribution in [3.63, 3.8) is 0 Å². The molecule has 4 nitrogen and oxygen atoms in total. The SMILES string of the molecule is CN=C(NCCC(C)C)NCc1ccccc1OC1CCC1. The van der Waals surface area contributed by atoms with Gasteiger partial charge in [-0.25, -0.2) is 0 Å². The average molecular weight is 303 g/mol. The molecule has 22 heavy (non-hydrogen) atoms. The number of guanidine groups is 1. The first-order valence-electron chi connectivity index (χ1n) is 8.38. The summed E-state index contributed by atoms with van der Waals surface area (Å²) in [5.74, 6) is 2.54. The van der Waals surface area contributed by atoms with Crippen LogP contribution in [0.2, 0.25) is 0 Å². The highest BCUT2D eigenvalue weighted by Gasteiger charge is 2.20. The predicted octanol–water partition coefficient (Wildman–Crippen LogP) is 3.33. The molecule has 1 saturated carbocycles. The minimum atomic E-state index is 0.407. The third-order valence-corrected chi connectivity index (χ3v) is 4.00. The van der Waals surface area contributed by atoms with E-state index < -0.39 is 0 Å². The Bertz CT molecular complexity index is 481. The summed E-state index contributed by atoms with van der Waals surface area (Å²) in [7, 11) is 1.81. The summed E-state index contributed by atoms with van der Waals surface area (Å²) in [5, 5.41) is 6.72. The van der Waals surface area contributed by atoms with Gasteiger partial charge in [-0.2, -0.15) is 0 Å². The van der Waals surface area contributed by atoms with Crippen molar-refractivity contribution in [3.8, 4) is 5.75 Å². The second kappa shape index (κ2) is 8.66. The highest BCUT2D eigenvalue weighted by Crippen LogP contribution is 2.27. The summed E-state index contributed by atoms with van der Waals surface area (Å²) in [6, 6.07) is 8.26. The van der Waals surface area contributed by atoms with Crippen molar-refractivity contribution < 1.29 is 4.74 Å². The van der Waals surface area contributed by atoms with E-state index in [1.807, 2.05) is 13.1 Å². The van der Waals surface area contributed by atoms with Crippen LogP contribution in [-0.4, -0.2) is 25.7 Å². The molecule has 1 aliphatic carbocycles. The molecular formula is C18H29N3O. The number of hydrogen-bond donors (Lipinski definition) is 2. The molecule has 1 aromatic rings. The zero-order valence-corrected chi connectivity index (χ0v) is 14.1. The summed E-state index contributed by atoms with van der Waals surface area (Å²) >= 11 is 0. The number of benzene rings is 1. The maximum absolute atomic E-state index is 6.06. The third kappa shape index (κ3) is 5.24. The Labute approximate surface area is 134 Å². The van der Waals surface area contributed by atoms with Gasteiger partial charge < -0.3 is 15.4 Å². The molecule has 0 amide bonds. The molecule has 1 aromatic carbocycles. The second-order valence-electron chi connectivity index (χ2n) is 6.31. The highest BCUT2D eigenvalue weighted by molar-refractivity contribution is 5.79. The highest BCUT2D eigenvalue weighted by atomic mass is 16.5. The van der Waals surface area contributed by atoms with Gasteiger partial charge in [0.05, 0.1) is 6.10 Å². The minimum Gasteiger partial charge on any atom is -0.490 e. The fourth-order valence-electron chi connectivity index (χ4n) is 2.31. The number of hydrogen-bond acceptors (Lipinski definition) is 2. The van der Waals surface area contributed by atoms with E-state index in [0.29, 0.717) is 12.0 Å². The van der Waals surface area contributed by atoms with Crippen molar-refractivity contribution in [1.29, 1.82) is 0 Å². The Morgan fingerprint density at radius 3 is 2.68 bits per heavy atom. The fourth-order valence-corrected chi connectivity index (χ4v) is 2.31. The first-order chi connectivity index (χ1) is 10.7. The largest absolute Gasteiger partial charge is 0.490 e. The molecule has 0 saturated heterocycles. The molecule has 122 valence electrons. The van der Waals surface area contributed by atoms with Crippen molar-refractivity contribution >= 4 is 5.96 Å². The second-order valence-corrected chi connectivity index (χ2v) is 6.31. The summed E-state index contributed by atoms with van der Waals surface area (Å²) < 4.78 is 6.06. The monoisotopic (exact) mass is 303 g/mol. The summed E-state index contributed by atoms with van der Waals surface area (Å²) in [5.41, 5.74) is 1.18. The molecule has 0 bridgehead atoms. The Morgan fingerprint density at radius 2 is 2.05 bits per heavy atom. The summed E-state index contributed by atoms with van der Waals surface area (Å²) in [6.07, 6.45) is 5.20. The van der Waals surface area contributed by atoms with Gasteiger partial charge in [-0.3, -0.25) is 4.99 Å². The van der Waals surface area contributed by atoms with E-state index in [9.17, 15) is 0 Å². The van der Waals surface area contributed by atoms with E-state index in [4.69, 9.17) is 4.74 Å². The minimum absolute atomic E-state index is 0.407. The summed E-state index contributed by atoms with van der Waals surface area (Å²) in [4.78, 5) is 4.27. The van der Waals surface area contributed by atoms with Crippen molar-refractivity contribution in [1.82, 2.24) is 10.6 Å². The number of nitrogens with one attached hydrogen (secondary N) is 2. The number of ether oxygens (including phenoxy) is 1. The Balaban J connectivity index is 1.84. The molecule has 0 atom stereocenters. The normalized spacial score (nSPS) is 15.5. The lowest BCUT2D eigenvalue weighted by Gasteiger charge is -2.27. The Morgan fingerprint density at radius 1 is 1.27 bits per heavy atom. The number of para-hydroxylation sites is 1. The van der Waals surface area contributed by atoms with Gasteiger partial charge in [0.25, 0.3) is 0 Å². The third-order valence-electron chi connectivity index (χ3n) is 4.00. The van der Waals surface area contributed by atoms with Crippen molar-refractivity contribution in [2.24, 2.45) is 10.9 Å². The van der Waals surface area contributed by atoms with Gasteiger partial charge in [0.15, 0.2) is 5.96 Å². The number of nitrogens with zero attached hydrogens (tertiary/aromatic N) is 1. The fraction of sp³-hybridized carbons (Fsp3) is 0.611. The first kappa shape index (κ1) is 16.7. The van der Waals surface area contributed by atoms with Gasteiger partial charge in [-0.1, -0.05) is 32.0 Å². The lowest BCUT2D eigenvalue weighted by molar-refractivity contribution is 0.119. The average Bonchev–Trinajstić information content (AvgIpc) is 2.47. The van der Waals surface area contributed by atoms with Crippen molar-refractivity contribution in [2.45, 2.75) is 52.2 Å². The standard InChI is InChI=1S/C18H29N3O/c1-14(2)11-12-20-18(19-3)21-13-15-7-4-5-10-17(15)22-16-8-6-9-16/h4-5,7,10,14,16H,6,8-9,11-13H2,1-3H3,(H2,19,20,21). The van der Waals surface area contributed by atoms with Crippen LogP contribution >= 0.6 is 0 Å². The van der Waals surface area contributed by atoms with Crippen LogP contribution in [-0.2, 0) is 6.54 Å². The van der Waals surface area contributed by atoms with Gasteiger partial charge in [0, 0.05) is 25.7 Å². The van der Waals surface area contributed by atoms with E-state index >= 15 is 0 Å². The Hall–Kier alpha value is -1.71. The predicted molar refractivity (Wildman–Crippen MR) is 92.4 cm³/mol. The lowest BCUT2D eigenvalue weighted by atomic mass is 9.96. The Kier molecular flexibility index (Phi) is 6.56. The molecule has 0 aliphatic heterocycles. The van der Waals surface area contributed by atoms with Gasteiger partial charge in [0.2, 0.25) is 0 Å². The van der Waals surface area contributed by atoms with Crippen LogP contribution in [0, 0.1) is 5.92 Å². The van der Waals surface area contributed by atoms with Crippen LogP contribution in [0.3, 0.4) is 0 Å². The maximum Gasteiger partial charge on any atom is 0.191 e. The smallest absolute Gasteiger partial charge is 0.191 e. The molecule has 1 fully saturated rings. The van der Waals surface area contributed by atoms with Gasteiger partial charge in [-0.05, 0) is 37.7 Å². The van der Waals surface area contributed by atoms with E-state index in [1.54, 1.807) is 0 Å². The maximum atomic E-state index is 6.06. The van der Waals surface area contributed by atoms with Crippen molar-refractivity contribution in [3.05, 3.63) is 29.8 Å². The number of rotatable bonds is 7. The van der Waals surface area contributed by atoms with Crippen LogP contribution in [0.4, 0.5) is 0 Å². The van der Waals surface area contributed by atoms with E-state index in [1.165, 1.54) is 24.8 Å². The number of aliphatic imine (C=N–C) groups is 1. The molecule has 0 unspecified atom stereocenters. The topological polar surface area (TPSA) is 45.7 Å². The molecule has 1 aliphatic rings. The molecule has 4 heteroatoms. The van der Waals surface area contributed by atoms with Crippen LogP contribution in [0.15, 0.2) is 29.3 Å². The van der Waals surface area contributed by atoms with Gasteiger partial charge in [-0.15, -0.1) is 0 Å². The van der Waals surface area contributed by atoms with E-state index in [0.717, 1.165) is 31.2 Å². The molecule has 0 radical (unpaired) electrons. The van der Waals surface area contributed by atoms with Crippen LogP contribution in [0.1, 0.15) is 45.1 Å². The van der Waals surface area contributed by atoms with Crippen LogP contribution in [0.25, 0.3) is 0 Å². The molecule has 2 N–H and O–H groups in total. The van der Waals surface area contributed by atoms with Gasteiger partial charge >= 0.3 is 0 Å². The zero-order chi connectivity index (χ0) is 15.8. The zero-order valence-electron chi connectivity index (χ0n) is 14.1. The molecule has 2 rings (SSSR count). The van der Waals surface area contributed by atoms with E-state index in [-0.39, 0.29) is 0 Å². The lowest BCUT2D eigenvalue weighted by Crippen LogP contribution is -2.37. The van der Waals surface area contributed by atoms with Crippen molar-refractivity contribution in [2.75, 3.05) is 13.6 Å². The molecular weight excluding hydrogens is 274 g/mol. The quantitative estimate of drug-likeness (QED) is 0.600. The van der Waals surface area contributed by atoms with Crippen LogP contribution < -0.4 is 15.4 Å². The molecule has 0 spiro atoms. The van der Waals surface area contributed by atoms with E-state index in [2.05, 4.69) is 47.7 Å². The van der Waals surface area contributed by atoms with Gasteiger partial charge in [0.1, 0.15) is 5.75 Å². The molecule has 0 heterocycles. The molecule has 0 aromatic heterocycles. The first-order valence-corrected chi connectivity index (χ1v) is 8.38. The van der Waals surface area contributed by atoms with Crippen LogP contribution in [0.5, 0.6) is 5.75 Å². The summed E-state index contributed by atoms with van der Waals surface area (Å²) in [6.45, 7) is 6.12.